The molecule has 0 aliphatic carbocycles. The van der Waals surface area contributed by atoms with E-state index in [4.69, 9.17) is 18.9 Å². The third-order valence-electron chi connectivity index (χ3n) is 5.03. The first kappa shape index (κ1) is 17.5. The second-order valence-electron chi connectivity index (χ2n) is 6.70. The van der Waals surface area contributed by atoms with Crippen molar-refractivity contribution < 1.29 is 23.7 Å². The molecule has 6 heteroatoms. The number of nitrogens with zero attached hydrogens (tertiary/aromatic N) is 1. The first-order chi connectivity index (χ1) is 13.2. The number of carbonyl (C=O) groups excluding carboxylic acids is 1. The summed E-state index contributed by atoms with van der Waals surface area (Å²) in [7, 11) is 3.19. The highest BCUT2D eigenvalue weighted by atomic mass is 16.6. The molecule has 0 radical (unpaired) electrons. The van der Waals surface area contributed by atoms with E-state index in [0.29, 0.717) is 44.2 Å². The highest BCUT2D eigenvalue weighted by Gasteiger charge is 2.24. The van der Waals surface area contributed by atoms with Crippen LogP contribution in [0.15, 0.2) is 30.3 Å². The largest absolute Gasteiger partial charge is 0.493 e. The van der Waals surface area contributed by atoms with Crippen LogP contribution in [0.1, 0.15) is 16.7 Å². The lowest BCUT2D eigenvalue weighted by atomic mass is 9.98. The summed E-state index contributed by atoms with van der Waals surface area (Å²) in [5, 5.41) is 0. The van der Waals surface area contributed by atoms with Crippen LogP contribution in [-0.2, 0) is 24.2 Å². The molecule has 2 aromatic carbocycles. The van der Waals surface area contributed by atoms with Gasteiger partial charge < -0.3 is 23.8 Å². The van der Waals surface area contributed by atoms with Gasteiger partial charge in [-0.1, -0.05) is 6.07 Å². The number of benzene rings is 2. The highest BCUT2D eigenvalue weighted by Crippen LogP contribution is 2.35. The van der Waals surface area contributed by atoms with Gasteiger partial charge in [-0.05, 0) is 47.4 Å². The van der Waals surface area contributed by atoms with Gasteiger partial charge in [-0.15, -0.1) is 0 Å². The lowest BCUT2D eigenvalue weighted by Crippen LogP contribution is -2.37. The van der Waals surface area contributed by atoms with Crippen LogP contribution in [0.5, 0.6) is 23.0 Å². The van der Waals surface area contributed by atoms with Crippen LogP contribution >= 0.6 is 0 Å². The van der Waals surface area contributed by atoms with Crippen LogP contribution in [0.4, 0.5) is 0 Å². The molecule has 6 nitrogen and oxygen atoms in total. The average molecular weight is 369 g/mol. The molecule has 2 aliphatic heterocycles. The lowest BCUT2D eigenvalue weighted by Gasteiger charge is -2.30. The molecule has 0 aromatic heterocycles. The molecule has 0 saturated carbocycles. The molecule has 0 bridgehead atoms. The van der Waals surface area contributed by atoms with Crippen molar-refractivity contribution in [2.45, 2.75) is 19.4 Å². The normalized spacial score (nSPS) is 15.1. The first-order valence-corrected chi connectivity index (χ1v) is 9.08. The van der Waals surface area contributed by atoms with E-state index in [-0.39, 0.29) is 5.91 Å². The van der Waals surface area contributed by atoms with Crippen LogP contribution < -0.4 is 18.9 Å². The minimum absolute atomic E-state index is 0.0998. The second-order valence-corrected chi connectivity index (χ2v) is 6.70. The van der Waals surface area contributed by atoms with E-state index in [1.54, 1.807) is 14.2 Å². The number of rotatable bonds is 4. The van der Waals surface area contributed by atoms with Gasteiger partial charge in [0, 0.05) is 13.1 Å². The molecular formula is C21H23NO5. The molecule has 2 aliphatic rings. The van der Waals surface area contributed by atoms with E-state index >= 15 is 0 Å². The van der Waals surface area contributed by atoms with Crippen molar-refractivity contribution in [2.24, 2.45) is 0 Å². The minimum atomic E-state index is 0.0998. The number of ether oxygens (including phenoxy) is 4. The lowest BCUT2D eigenvalue weighted by molar-refractivity contribution is -0.131. The fourth-order valence-corrected chi connectivity index (χ4v) is 3.58. The Morgan fingerprint density at radius 3 is 2.41 bits per heavy atom. The highest BCUT2D eigenvalue weighted by molar-refractivity contribution is 5.79. The molecule has 27 heavy (non-hydrogen) atoms. The van der Waals surface area contributed by atoms with E-state index in [0.717, 1.165) is 29.0 Å². The third kappa shape index (κ3) is 3.52. The number of hydrogen-bond donors (Lipinski definition) is 0. The Bertz CT molecular complexity index is 864. The smallest absolute Gasteiger partial charge is 0.227 e. The molecule has 4 rings (SSSR count). The van der Waals surface area contributed by atoms with E-state index in [1.165, 1.54) is 5.56 Å². The average Bonchev–Trinajstić information content (AvgIpc) is 2.71. The van der Waals surface area contributed by atoms with Gasteiger partial charge in [0.15, 0.2) is 23.0 Å². The van der Waals surface area contributed by atoms with Gasteiger partial charge in [0.05, 0.1) is 20.6 Å². The molecule has 0 N–H and O–H groups in total. The third-order valence-corrected chi connectivity index (χ3v) is 5.03. The number of hydrogen-bond acceptors (Lipinski definition) is 5. The van der Waals surface area contributed by atoms with Crippen LogP contribution in [0, 0.1) is 0 Å². The maximum atomic E-state index is 12.8. The summed E-state index contributed by atoms with van der Waals surface area (Å²) in [6.45, 7) is 2.45. The van der Waals surface area contributed by atoms with E-state index in [1.807, 2.05) is 29.2 Å². The Kier molecular flexibility index (Phi) is 4.79. The van der Waals surface area contributed by atoms with Crippen molar-refractivity contribution in [1.29, 1.82) is 0 Å². The van der Waals surface area contributed by atoms with Crippen LogP contribution in [0.3, 0.4) is 0 Å². The van der Waals surface area contributed by atoms with E-state index in [9.17, 15) is 4.79 Å². The molecule has 1 amide bonds. The topological polar surface area (TPSA) is 57.2 Å². The molecule has 0 atom stereocenters. The maximum Gasteiger partial charge on any atom is 0.227 e. The zero-order valence-corrected chi connectivity index (χ0v) is 15.6. The number of carbonyl (C=O) groups is 1. The Labute approximate surface area is 158 Å². The molecular weight excluding hydrogens is 346 g/mol. The fourth-order valence-electron chi connectivity index (χ4n) is 3.58. The van der Waals surface area contributed by atoms with Crippen LogP contribution in [0.25, 0.3) is 0 Å². The first-order valence-electron chi connectivity index (χ1n) is 9.08. The second kappa shape index (κ2) is 7.39. The van der Waals surface area contributed by atoms with Crippen molar-refractivity contribution in [3.05, 3.63) is 47.0 Å². The minimum Gasteiger partial charge on any atom is -0.493 e. The van der Waals surface area contributed by atoms with E-state index < -0.39 is 0 Å². The van der Waals surface area contributed by atoms with Gasteiger partial charge in [0.1, 0.15) is 13.2 Å². The monoisotopic (exact) mass is 369 g/mol. The van der Waals surface area contributed by atoms with E-state index in [2.05, 4.69) is 6.07 Å². The van der Waals surface area contributed by atoms with Crippen LogP contribution in [-0.4, -0.2) is 44.8 Å². The molecule has 0 fully saturated rings. The molecule has 142 valence electrons. The van der Waals surface area contributed by atoms with Gasteiger partial charge in [0.25, 0.3) is 0 Å². The van der Waals surface area contributed by atoms with Gasteiger partial charge in [-0.3, -0.25) is 4.79 Å². The van der Waals surface area contributed by atoms with Gasteiger partial charge in [-0.2, -0.15) is 0 Å². The van der Waals surface area contributed by atoms with Crippen molar-refractivity contribution >= 4 is 5.91 Å². The Morgan fingerprint density at radius 1 is 1.00 bits per heavy atom. The van der Waals surface area contributed by atoms with Crippen molar-refractivity contribution in [3.63, 3.8) is 0 Å². The molecule has 2 aromatic rings. The van der Waals surface area contributed by atoms with Crippen molar-refractivity contribution in [3.8, 4) is 23.0 Å². The van der Waals surface area contributed by atoms with Gasteiger partial charge >= 0.3 is 0 Å². The number of methoxy groups -OCH3 is 2. The van der Waals surface area contributed by atoms with Crippen molar-refractivity contribution in [2.75, 3.05) is 34.0 Å². The maximum absolute atomic E-state index is 12.8. The fraction of sp³-hybridized carbons (Fsp3) is 0.381. The summed E-state index contributed by atoms with van der Waals surface area (Å²) >= 11 is 0. The quantitative estimate of drug-likeness (QED) is 0.829. The summed E-state index contributed by atoms with van der Waals surface area (Å²) in [5.74, 6) is 2.98. The number of fused-ring (bicyclic) bond motifs is 2. The molecule has 0 unspecified atom stereocenters. The Balaban J connectivity index is 1.48. The molecule has 0 spiro atoms. The SMILES string of the molecule is COc1ccc(CC(=O)N2CCc3cc4c(cc3C2)OCCO4)cc1OC. The summed E-state index contributed by atoms with van der Waals surface area (Å²) in [5.41, 5.74) is 3.27. The standard InChI is InChI=1S/C21H23NO5/c1-24-17-4-3-14(9-18(17)25-2)10-21(23)22-6-5-15-11-19-20(12-16(15)13-22)27-8-7-26-19/h3-4,9,11-12H,5-8,10,13H2,1-2H3. The van der Waals surface area contributed by atoms with Gasteiger partial charge in [0.2, 0.25) is 5.91 Å². The Morgan fingerprint density at radius 2 is 1.70 bits per heavy atom. The molecule has 2 heterocycles. The van der Waals surface area contributed by atoms with Gasteiger partial charge in [-0.25, -0.2) is 0 Å². The number of amides is 1. The predicted octanol–water partition coefficient (Wildman–Crippen LogP) is 2.60. The summed E-state index contributed by atoms with van der Waals surface area (Å²) in [6, 6.07) is 9.66. The van der Waals surface area contributed by atoms with Crippen molar-refractivity contribution in [1.82, 2.24) is 4.90 Å². The summed E-state index contributed by atoms with van der Waals surface area (Å²) in [6.07, 6.45) is 1.16. The predicted molar refractivity (Wildman–Crippen MR) is 99.8 cm³/mol. The molecule has 0 saturated heterocycles. The summed E-state index contributed by atoms with van der Waals surface area (Å²) in [4.78, 5) is 14.7. The zero-order chi connectivity index (χ0) is 18.8. The Hall–Kier alpha value is -2.89. The summed E-state index contributed by atoms with van der Waals surface area (Å²) < 4.78 is 21.9. The van der Waals surface area contributed by atoms with Crippen LogP contribution in [0.2, 0.25) is 0 Å². The zero-order valence-electron chi connectivity index (χ0n) is 15.6.